The number of hydrogen-bond donors (Lipinski definition) is 3. The highest BCUT2D eigenvalue weighted by Crippen LogP contribution is 2.30. The zero-order chi connectivity index (χ0) is 19.0. The van der Waals surface area contributed by atoms with Crippen LogP contribution < -0.4 is 10.9 Å². The van der Waals surface area contributed by atoms with E-state index < -0.39 is 52.9 Å². The maximum Gasteiger partial charge on any atom is 0.418 e. The average molecular weight is 390 g/mol. The zero-order valence-electron chi connectivity index (χ0n) is 12.3. The fourth-order valence-electron chi connectivity index (χ4n) is 2.54. The molecule has 0 aromatic carbocycles. The van der Waals surface area contributed by atoms with Crippen LogP contribution in [-0.4, -0.2) is 65.6 Å². The number of amides is 4. The molecule has 15 heteroatoms. The maximum absolute atomic E-state index is 12.0. The molecule has 0 unspecified atom stereocenters. The lowest BCUT2D eigenvalue weighted by atomic mass is 10.0. The molecule has 142 valence electrons. The van der Waals surface area contributed by atoms with E-state index in [-0.39, 0.29) is 19.4 Å². The Morgan fingerprint density at radius 2 is 1.92 bits per heavy atom. The molecule has 2 fully saturated rings. The Hall–Kier alpha value is -2.13. The summed E-state index contributed by atoms with van der Waals surface area (Å²) in [4.78, 5) is 36.0. The van der Waals surface area contributed by atoms with Crippen molar-refractivity contribution in [3.63, 3.8) is 0 Å². The molecular formula is C10H13F3N4O7S. The minimum absolute atomic E-state index is 0.0444. The van der Waals surface area contributed by atoms with Crippen LogP contribution in [-0.2, 0) is 24.3 Å². The minimum atomic E-state index is -4.94. The Kier molecular flexibility index (Phi) is 5.10. The predicted octanol–water partition coefficient (Wildman–Crippen LogP) is -0.911. The Morgan fingerprint density at radius 1 is 1.28 bits per heavy atom. The van der Waals surface area contributed by atoms with Crippen LogP contribution in [0.4, 0.5) is 18.0 Å². The van der Waals surface area contributed by atoms with Crippen LogP contribution >= 0.6 is 0 Å². The molecule has 0 aromatic rings. The van der Waals surface area contributed by atoms with Crippen molar-refractivity contribution < 1.29 is 44.8 Å². The standard InChI is InChI=1S/C10H13F3N4O7S/c11-10(12,13)3-7(18)14-15-8(19)6-2-1-5-4-16(6)9(20)17(5)24-25(21,22)23/h5-6H,1-4H2,(H,14,18)(H,15,19)(H,21,22,23)/t5-,6+/m1/s1. The van der Waals surface area contributed by atoms with E-state index in [0.29, 0.717) is 5.06 Å². The molecule has 2 bridgehead atoms. The number of hydrogen-bond acceptors (Lipinski definition) is 6. The van der Waals surface area contributed by atoms with Gasteiger partial charge in [0.2, 0.25) is 5.91 Å². The Labute approximate surface area is 138 Å². The predicted molar refractivity (Wildman–Crippen MR) is 70.3 cm³/mol. The number of piperidine rings is 1. The Morgan fingerprint density at radius 3 is 2.48 bits per heavy atom. The smallest absolute Gasteiger partial charge is 0.309 e. The summed E-state index contributed by atoms with van der Waals surface area (Å²) in [6.45, 7) is -0.0943. The van der Waals surface area contributed by atoms with Gasteiger partial charge in [-0.1, -0.05) is 0 Å². The Bertz CT molecular complexity index is 682. The molecule has 0 aliphatic carbocycles. The van der Waals surface area contributed by atoms with E-state index in [2.05, 4.69) is 4.28 Å². The molecule has 2 heterocycles. The second kappa shape index (κ2) is 6.64. The zero-order valence-corrected chi connectivity index (χ0v) is 13.1. The first kappa shape index (κ1) is 19.2. The molecule has 0 radical (unpaired) electrons. The highest BCUT2D eigenvalue weighted by Gasteiger charge is 2.49. The normalized spacial score (nSPS) is 23.6. The monoisotopic (exact) mass is 390 g/mol. The Balaban J connectivity index is 1.95. The molecule has 4 amide bonds. The number of carbonyl (C=O) groups is 3. The van der Waals surface area contributed by atoms with Gasteiger partial charge in [-0.15, -0.1) is 4.28 Å². The van der Waals surface area contributed by atoms with Gasteiger partial charge in [0.25, 0.3) is 5.91 Å². The number of hydrazine groups is 1. The van der Waals surface area contributed by atoms with E-state index in [1.165, 1.54) is 0 Å². The average Bonchev–Trinajstić information content (AvgIpc) is 2.67. The summed E-state index contributed by atoms with van der Waals surface area (Å²) in [6.07, 6.45) is -6.36. The van der Waals surface area contributed by atoms with Gasteiger partial charge in [-0.3, -0.25) is 25.0 Å². The van der Waals surface area contributed by atoms with Crippen LogP contribution in [0.1, 0.15) is 19.3 Å². The molecule has 25 heavy (non-hydrogen) atoms. The summed E-state index contributed by atoms with van der Waals surface area (Å²) in [5, 5.41) is 0.408. The van der Waals surface area contributed by atoms with Crippen molar-refractivity contribution in [2.75, 3.05) is 6.54 Å². The highest BCUT2D eigenvalue weighted by atomic mass is 32.3. The number of nitrogens with one attached hydrogen (secondary N) is 2. The van der Waals surface area contributed by atoms with Crippen LogP contribution in [0.15, 0.2) is 0 Å². The molecule has 0 aromatic heterocycles. The van der Waals surface area contributed by atoms with E-state index in [9.17, 15) is 36.0 Å². The van der Waals surface area contributed by atoms with Crippen molar-refractivity contribution in [1.29, 1.82) is 0 Å². The fraction of sp³-hybridized carbons (Fsp3) is 0.700. The van der Waals surface area contributed by atoms with E-state index in [1.54, 1.807) is 10.9 Å². The lowest BCUT2D eigenvalue weighted by Crippen LogP contribution is -2.54. The van der Waals surface area contributed by atoms with E-state index >= 15 is 0 Å². The summed E-state index contributed by atoms with van der Waals surface area (Å²) in [6, 6.07) is -2.88. The number of nitrogens with zero attached hydrogens (tertiary/aromatic N) is 2. The molecule has 0 saturated carbocycles. The van der Waals surface area contributed by atoms with Crippen molar-refractivity contribution in [3.05, 3.63) is 0 Å². The second-order valence-corrected chi connectivity index (χ2v) is 6.34. The third kappa shape index (κ3) is 4.93. The lowest BCUT2D eigenvalue weighted by Gasteiger charge is -2.29. The minimum Gasteiger partial charge on any atom is -0.309 e. The quantitative estimate of drug-likeness (QED) is 0.416. The van der Waals surface area contributed by atoms with Crippen LogP contribution in [0, 0.1) is 0 Å². The van der Waals surface area contributed by atoms with Crippen LogP contribution in [0.3, 0.4) is 0 Å². The SMILES string of the molecule is O=C(CC(F)(F)F)NNC(=O)[C@@H]1CC[C@@H]2CN1C(=O)N2OS(=O)(=O)O. The second-order valence-electron chi connectivity index (χ2n) is 5.34. The molecule has 2 saturated heterocycles. The van der Waals surface area contributed by atoms with Gasteiger partial charge in [-0.2, -0.15) is 26.7 Å². The summed E-state index contributed by atoms with van der Waals surface area (Å²) < 4.78 is 70.3. The first-order valence-corrected chi connectivity index (χ1v) is 8.16. The molecule has 0 spiro atoms. The molecule has 2 atom stereocenters. The molecule has 3 N–H and O–H groups in total. The van der Waals surface area contributed by atoms with Gasteiger partial charge in [-0.05, 0) is 12.8 Å². The molecule has 2 aliphatic heterocycles. The molecular weight excluding hydrogens is 377 g/mol. The van der Waals surface area contributed by atoms with Gasteiger partial charge in [0, 0.05) is 6.54 Å². The summed E-state index contributed by atoms with van der Waals surface area (Å²) in [7, 11) is -4.94. The van der Waals surface area contributed by atoms with Gasteiger partial charge >= 0.3 is 22.6 Å². The number of alkyl halides is 3. The van der Waals surface area contributed by atoms with Crippen molar-refractivity contribution in [2.24, 2.45) is 0 Å². The van der Waals surface area contributed by atoms with Gasteiger partial charge in [0.05, 0.1) is 6.04 Å². The van der Waals surface area contributed by atoms with Gasteiger partial charge < -0.3 is 4.90 Å². The van der Waals surface area contributed by atoms with Crippen LogP contribution in [0.25, 0.3) is 0 Å². The van der Waals surface area contributed by atoms with Crippen LogP contribution in [0.2, 0.25) is 0 Å². The number of carbonyl (C=O) groups excluding carboxylic acids is 3. The van der Waals surface area contributed by atoms with E-state index in [1.807, 2.05) is 0 Å². The van der Waals surface area contributed by atoms with Crippen molar-refractivity contribution in [2.45, 2.75) is 37.5 Å². The summed E-state index contributed by atoms with van der Waals surface area (Å²) in [5.74, 6) is -2.44. The van der Waals surface area contributed by atoms with E-state index in [0.717, 1.165) is 4.90 Å². The number of fused-ring (bicyclic) bond motifs is 2. The third-order valence-electron chi connectivity index (χ3n) is 3.49. The largest absolute Gasteiger partial charge is 0.418 e. The number of hydroxylamine groups is 2. The van der Waals surface area contributed by atoms with Crippen molar-refractivity contribution >= 4 is 28.2 Å². The van der Waals surface area contributed by atoms with Crippen molar-refractivity contribution in [1.82, 2.24) is 20.8 Å². The fourth-order valence-corrected chi connectivity index (χ4v) is 2.93. The van der Waals surface area contributed by atoms with Gasteiger partial charge in [-0.25, -0.2) is 4.79 Å². The number of halogens is 3. The number of rotatable bonds is 4. The maximum atomic E-state index is 12.0. The first-order valence-electron chi connectivity index (χ1n) is 6.79. The molecule has 2 rings (SSSR count). The third-order valence-corrected chi connectivity index (χ3v) is 3.84. The van der Waals surface area contributed by atoms with Crippen molar-refractivity contribution in [3.8, 4) is 0 Å². The van der Waals surface area contributed by atoms with Crippen LogP contribution in [0.5, 0.6) is 0 Å². The highest BCUT2D eigenvalue weighted by molar-refractivity contribution is 7.80. The van der Waals surface area contributed by atoms with Gasteiger partial charge in [0.15, 0.2) is 0 Å². The first-order chi connectivity index (χ1) is 11.4. The molecule has 11 nitrogen and oxygen atoms in total. The number of urea groups is 1. The van der Waals surface area contributed by atoms with Gasteiger partial charge in [0.1, 0.15) is 12.5 Å². The topological polar surface area (TPSA) is 145 Å². The molecule has 2 aliphatic rings. The summed E-state index contributed by atoms with van der Waals surface area (Å²) in [5.41, 5.74) is 3.36. The van der Waals surface area contributed by atoms with E-state index in [4.69, 9.17) is 4.55 Å². The lowest BCUT2D eigenvalue weighted by molar-refractivity contribution is -0.155. The summed E-state index contributed by atoms with van der Waals surface area (Å²) >= 11 is 0.